The molecule has 0 fully saturated rings. The average molecular weight is 252 g/mol. The first-order valence-electron chi connectivity index (χ1n) is 3.80. The van der Waals surface area contributed by atoms with Crippen molar-refractivity contribution in [3.05, 3.63) is 12.7 Å². The van der Waals surface area contributed by atoms with E-state index in [-0.39, 0.29) is 0 Å². The van der Waals surface area contributed by atoms with Gasteiger partial charge >= 0.3 is 0 Å². The molecule has 0 heterocycles. The van der Waals surface area contributed by atoms with Crippen molar-refractivity contribution in [1.29, 1.82) is 0 Å². The summed E-state index contributed by atoms with van der Waals surface area (Å²) in [5.74, 6) is 1.18. The summed E-state index contributed by atoms with van der Waals surface area (Å²) in [4.78, 5) is 0. The van der Waals surface area contributed by atoms with Gasteiger partial charge in [-0.15, -0.1) is 18.3 Å². The van der Waals surface area contributed by atoms with E-state index in [9.17, 15) is 0 Å². The van der Waals surface area contributed by atoms with E-state index < -0.39 is 0 Å². The molecular formula is C9H16S4. The molecule has 0 aromatic heterocycles. The van der Waals surface area contributed by atoms with Crippen LogP contribution in [0.25, 0.3) is 0 Å². The summed E-state index contributed by atoms with van der Waals surface area (Å²) in [6, 6.07) is 0. The number of hydrogen-bond acceptors (Lipinski definition) is 4. The minimum Gasteiger partial charge on any atom is -0.119 e. The predicted molar refractivity (Wildman–Crippen MR) is 77.1 cm³/mol. The molecule has 0 saturated carbocycles. The van der Waals surface area contributed by atoms with Gasteiger partial charge in [0.15, 0.2) is 0 Å². The number of thioether (sulfide) groups is 1. The lowest BCUT2D eigenvalue weighted by molar-refractivity contribution is 1.11. The second kappa shape index (κ2) is 22.8. The lowest BCUT2D eigenvalue weighted by Gasteiger charge is -1.89. The maximum atomic E-state index is 4.82. The fourth-order valence-electron chi connectivity index (χ4n) is 0.246. The van der Waals surface area contributed by atoms with Gasteiger partial charge in [-0.1, -0.05) is 25.2 Å². The van der Waals surface area contributed by atoms with Gasteiger partial charge in [-0.25, -0.2) is 0 Å². The second-order valence-electron chi connectivity index (χ2n) is 1.83. The zero-order valence-corrected chi connectivity index (χ0v) is 11.6. The van der Waals surface area contributed by atoms with Crippen LogP contribution in [0.4, 0.5) is 0 Å². The first-order chi connectivity index (χ1) is 6.10. The summed E-state index contributed by atoms with van der Waals surface area (Å²) in [7, 11) is 0. The van der Waals surface area contributed by atoms with Crippen LogP contribution in [-0.2, 0) is 0 Å². The minimum atomic E-state index is 1.06. The van der Waals surface area contributed by atoms with E-state index in [0.717, 1.165) is 4.20 Å². The van der Waals surface area contributed by atoms with E-state index in [2.05, 4.69) is 37.9 Å². The Hall–Kier alpha value is 0.400. The van der Waals surface area contributed by atoms with Crippen molar-refractivity contribution in [2.24, 2.45) is 0 Å². The van der Waals surface area contributed by atoms with E-state index >= 15 is 0 Å². The molecule has 0 rings (SSSR count). The molecule has 13 heavy (non-hydrogen) atoms. The molecule has 0 aromatic rings. The molecule has 0 aliphatic heterocycles. The third-order valence-electron chi connectivity index (χ3n) is 0.509. The van der Waals surface area contributed by atoms with Crippen LogP contribution in [0.1, 0.15) is 27.2 Å². The largest absolute Gasteiger partial charge is 0.119 e. The molecule has 0 amide bonds. The van der Waals surface area contributed by atoms with Crippen LogP contribution in [0.15, 0.2) is 12.7 Å². The first-order valence-corrected chi connectivity index (χ1v) is 6.01. The second-order valence-corrected chi connectivity index (χ2v) is 4.68. The standard InChI is InChI=1S/C5H10S2.C3H6.CS2/c1-3-4-7-5(2)6;1-3-2;2-1-3/h3-4H2,1-2H3;3H,1H2,2H3;. The quantitative estimate of drug-likeness (QED) is 0.516. The predicted octanol–water partition coefficient (Wildman–Crippen LogP) is 4.69. The molecule has 0 radical (unpaired) electrons. The lowest BCUT2D eigenvalue weighted by atomic mass is 10.6. The highest BCUT2D eigenvalue weighted by molar-refractivity contribution is 8.23. The Morgan fingerprint density at radius 2 is 1.85 bits per heavy atom. The van der Waals surface area contributed by atoms with Crippen LogP contribution >= 0.6 is 48.4 Å². The Kier molecular flexibility index (Phi) is 33.5. The normalized spacial score (nSPS) is 6.38. The lowest BCUT2D eigenvalue weighted by Crippen LogP contribution is -1.78. The molecule has 0 bridgehead atoms. The molecule has 0 nitrogen and oxygen atoms in total. The first kappa shape index (κ1) is 19.0. The van der Waals surface area contributed by atoms with Gasteiger partial charge in [-0.3, -0.25) is 0 Å². The molecule has 0 aliphatic carbocycles. The maximum Gasteiger partial charge on any atom is 0.0447 e. The Bertz CT molecular complexity index is 146. The van der Waals surface area contributed by atoms with Crippen molar-refractivity contribution >= 4 is 56.9 Å². The van der Waals surface area contributed by atoms with E-state index in [0.29, 0.717) is 0 Å². The van der Waals surface area contributed by atoms with Gasteiger partial charge in [0.05, 0.1) is 0 Å². The summed E-state index contributed by atoms with van der Waals surface area (Å²) < 4.78 is 2.97. The number of rotatable bonds is 2. The highest BCUT2D eigenvalue weighted by Gasteiger charge is 1.83. The maximum absolute atomic E-state index is 4.82. The topological polar surface area (TPSA) is 0 Å². The van der Waals surface area contributed by atoms with Gasteiger partial charge < -0.3 is 0 Å². The third-order valence-corrected chi connectivity index (χ3v) is 1.88. The fraction of sp³-hybridized carbons (Fsp3) is 0.556. The zero-order valence-electron chi connectivity index (χ0n) is 8.33. The summed E-state index contributed by atoms with van der Waals surface area (Å²) >= 11 is 14.5. The summed E-state index contributed by atoms with van der Waals surface area (Å²) in [6.45, 7) is 9.38. The Morgan fingerprint density at radius 3 is 1.92 bits per heavy atom. The Morgan fingerprint density at radius 1 is 1.54 bits per heavy atom. The molecule has 0 aliphatic rings. The van der Waals surface area contributed by atoms with Crippen LogP contribution in [0.2, 0.25) is 0 Å². The molecule has 0 spiro atoms. The summed E-state index contributed by atoms with van der Waals surface area (Å²) in [5, 5.41) is 0. The van der Waals surface area contributed by atoms with E-state index in [4.69, 9.17) is 12.2 Å². The number of thiocarbonyl (C=S) groups is 3. The van der Waals surface area contributed by atoms with Crippen LogP contribution in [0, 0.1) is 0 Å². The molecule has 76 valence electrons. The molecule has 0 aromatic carbocycles. The highest BCUT2D eigenvalue weighted by atomic mass is 32.2. The SMILES string of the molecule is C=CC.CCCSC(C)=S.S=C=S. The average Bonchev–Trinajstić information content (AvgIpc) is 2.04. The molecule has 4 heteroatoms. The van der Waals surface area contributed by atoms with E-state index in [1.165, 1.54) is 12.2 Å². The number of hydrogen-bond donors (Lipinski definition) is 0. The summed E-state index contributed by atoms with van der Waals surface area (Å²) in [5.41, 5.74) is 0. The highest BCUT2D eigenvalue weighted by Crippen LogP contribution is 2.03. The van der Waals surface area contributed by atoms with Gasteiger partial charge in [0.25, 0.3) is 0 Å². The van der Waals surface area contributed by atoms with Gasteiger partial charge in [0.1, 0.15) is 0 Å². The number of allylic oxidation sites excluding steroid dienone is 1. The molecule has 0 atom stereocenters. The molecule has 0 unspecified atom stereocenters. The van der Waals surface area contributed by atoms with Gasteiger partial charge in [0.2, 0.25) is 0 Å². The molecule has 0 saturated heterocycles. The van der Waals surface area contributed by atoms with Gasteiger partial charge in [0, 0.05) is 8.51 Å². The monoisotopic (exact) mass is 252 g/mol. The van der Waals surface area contributed by atoms with Crippen molar-refractivity contribution < 1.29 is 0 Å². The fourth-order valence-corrected chi connectivity index (χ4v) is 0.987. The zero-order chi connectivity index (χ0) is 11.1. The van der Waals surface area contributed by atoms with Crippen LogP contribution in [0.3, 0.4) is 0 Å². The van der Waals surface area contributed by atoms with Crippen molar-refractivity contribution in [3.63, 3.8) is 0 Å². The Balaban J connectivity index is -0.000000140. The summed E-state index contributed by atoms with van der Waals surface area (Å²) in [6.07, 6.45) is 2.97. The van der Waals surface area contributed by atoms with Crippen LogP contribution in [0.5, 0.6) is 0 Å². The van der Waals surface area contributed by atoms with Crippen molar-refractivity contribution in [2.75, 3.05) is 5.75 Å². The van der Waals surface area contributed by atoms with Crippen molar-refractivity contribution in [1.82, 2.24) is 0 Å². The smallest absolute Gasteiger partial charge is 0.0447 e. The van der Waals surface area contributed by atoms with Crippen molar-refractivity contribution in [3.8, 4) is 0 Å². The Labute approximate surface area is 102 Å². The molecule has 0 N–H and O–H groups in total. The van der Waals surface area contributed by atoms with Crippen LogP contribution < -0.4 is 0 Å². The van der Waals surface area contributed by atoms with Crippen LogP contribution in [-0.4, -0.2) is 14.3 Å². The van der Waals surface area contributed by atoms with E-state index in [1.807, 2.05) is 18.2 Å². The van der Waals surface area contributed by atoms with Crippen molar-refractivity contribution in [2.45, 2.75) is 27.2 Å². The van der Waals surface area contributed by atoms with E-state index in [1.54, 1.807) is 17.8 Å². The minimum absolute atomic E-state index is 1.06. The van der Waals surface area contributed by atoms with Gasteiger partial charge in [-0.05, 0) is 50.5 Å². The van der Waals surface area contributed by atoms with Gasteiger partial charge in [-0.2, -0.15) is 0 Å². The third kappa shape index (κ3) is 69.3. The molecular weight excluding hydrogens is 236 g/mol.